The number of hydrogen-bond donors (Lipinski definition) is 3. The van der Waals surface area contributed by atoms with E-state index in [0.29, 0.717) is 36.0 Å². The van der Waals surface area contributed by atoms with Crippen molar-refractivity contribution in [2.45, 2.75) is 52.2 Å². The van der Waals surface area contributed by atoms with E-state index in [-0.39, 0.29) is 11.7 Å². The van der Waals surface area contributed by atoms with E-state index in [0.717, 1.165) is 65.2 Å². The molecule has 0 spiro atoms. The minimum Gasteiger partial charge on any atom is -0.478 e. The van der Waals surface area contributed by atoms with Gasteiger partial charge in [0, 0.05) is 58.8 Å². The summed E-state index contributed by atoms with van der Waals surface area (Å²) in [5, 5.41) is 19.7. The molecule has 0 aliphatic carbocycles. The summed E-state index contributed by atoms with van der Waals surface area (Å²) in [5.41, 5.74) is 3.18. The molecule has 0 saturated carbocycles. The molecule has 10 heteroatoms. The number of carbonyl (C=O) groups excluding carboxylic acids is 1. The SMILES string of the molecule is CC(C)(C)OC(=O)N(CCCCNCCCNc1nc2cc(C(=O)O)ccc2c2cnccc12)Cc1ccc(-c2ccccc2)c(Cl)c1. The molecule has 0 fully saturated rings. The second kappa shape index (κ2) is 15.9. The molecular formula is C38H42ClN5O4. The molecule has 0 aliphatic heterocycles. The Morgan fingerprint density at radius 3 is 2.44 bits per heavy atom. The van der Waals surface area contributed by atoms with E-state index in [4.69, 9.17) is 21.3 Å². The van der Waals surface area contributed by atoms with Crippen molar-refractivity contribution < 1.29 is 19.4 Å². The molecule has 250 valence electrons. The molecule has 0 saturated heterocycles. The van der Waals surface area contributed by atoms with Gasteiger partial charge in [0.05, 0.1) is 11.1 Å². The molecule has 5 rings (SSSR count). The largest absolute Gasteiger partial charge is 0.478 e. The maximum absolute atomic E-state index is 13.1. The molecule has 0 atom stereocenters. The molecule has 5 aromatic rings. The second-order valence-corrected chi connectivity index (χ2v) is 13.1. The van der Waals surface area contributed by atoms with Crippen LogP contribution in [0, 0.1) is 0 Å². The summed E-state index contributed by atoms with van der Waals surface area (Å²) in [4.78, 5) is 35.3. The van der Waals surface area contributed by atoms with Crippen molar-refractivity contribution in [3.63, 3.8) is 0 Å². The van der Waals surface area contributed by atoms with Crippen LogP contribution < -0.4 is 10.6 Å². The van der Waals surface area contributed by atoms with E-state index >= 15 is 0 Å². The fraction of sp³-hybridized carbons (Fsp3) is 0.316. The van der Waals surface area contributed by atoms with Crippen LogP contribution in [0.15, 0.2) is 85.2 Å². The Morgan fingerprint density at radius 2 is 1.69 bits per heavy atom. The molecule has 0 radical (unpaired) electrons. The van der Waals surface area contributed by atoms with Crippen molar-refractivity contribution in [1.82, 2.24) is 20.2 Å². The van der Waals surface area contributed by atoms with Gasteiger partial charge in [-0.25, -0.2) is 14.6 Å². The van der Waals surface area contributed by atoms with Crippen LogP contribution >= 0.6 is 11.6 Å². The Labute approximate surface area is 286 Å². The monoisotopic (exact) mass is 667 g/mol. The first-order chi connectivity index (χ1) is 23.1. The van der Waals surface area contributed by atoms with Crippen molar-refractivity contribution in [2.24, 2.45) is 0 Å². The molecule has 3 N–H and O–H groups in total. The number of aromatic carboxylic acids is 1. The number of carboxylic acids is 1. The van der Waals surface area contributed by atoms with Crippen LogP contribution in [0.2, 0.25) is 5.02 Å². The number of anilines is 1. The van der Waals surface area contributed by atoms with E-state index in [9.17, 15) is 14.7 Å². The van der Waals surface area contributed by atoms with Crippen LogP contribution in [-0.4, -0.2) is 63.8 Å². The van der Waals surface area contributed by atoms with Gasteiger partial charge in [-0.3, -0.25) is 4.98 Å². The predicted octanol–water partition coefficient (Wildman–Crippen LogP) is 8.41. The van der Waals surface area contributed by atoms with Crippen LogP contribution in [0.1, 0.15) is 56.0 Å². The maximum atomic E-state index is 13.1. The molecule has 1 amide bonds. The highest BCUT2D eigenvalue weighted by molar-refractivity contribution is 6.33. The molecule has 48 heavy (non-hydrogen) atoms. The Bertz CT molecular complexity index is 1880. The standard InChI is InChI=1S/C38H42ClN5O4/c1-38(2,3)48-37(47)44(25-26-12-14-29(33(39)22-26)27-10-5-4-6-11-27)21-8-7-17-40-18-9-19-42-35-31-16-20-41-24-32(31)30-15-13-28(36(45)46)23-34(30)43-35/h4-6,10-16,20,22-24,40H,7-9,17-19,21,25H2,1-3H3,(H,42,43)(H,45,46). The van der Waals surface area contributed by atoms with E-state index < -0.39 is 11.6 Å². The van der Waals surface area contributed by atoms with E-state index in [2.05, 4.69) is 15.6 Å². The van der Waals surface area contributed by atoms with Crippen LogP contribution in [0.5, 0.6) is 0 Å². The minimum atomic E-state index is -0.984. The van der Waals surface area contributed by atoms with Crippen molar-refractivity contribution in [2.75, 3.05) is 31.5 Å². The number of nitrogens with zero attached hydrogens (tertiary/aromatic N) is 3. The van der Waals surface area contributed by atoms with Crippen LogP contribution in [0.3, 0.4) is 0 Å². The number of carbonyl (C=O) groups is 2. The Kier molecular flexibility index (Phi) is 11.5. The van der Waals surface area contributed by atoms with Gasteiger partial charge < -0.3 is 25.4 Å². The zero-order valence-electron chi connectivity index (χ0n) is 27.6. The lowest BCUT2D eigenvalue weighted by Gasteiger charge is -2.27. The molecule has 2 aromatic heterocycles. The zero-order chi connectivity index (χ0) is 34.1. The van der Waals surface area contributed by atoms with Gasteiger partial charge in [-0.1, -0.05) is 60.1 Å². The number of fused-ring (bicyclic) bond motifs is 3. The number of pyridine rings is 2. The number of ether oxygens (including phenoxy) is 1. The highest BCUT2D eigenvalue weighted by atomic mass is 35.5. The quantitative estimate of drug-likeness (QED) is 0.0798. The van der Waals surface area contributed by atoms with Crippen LogP contribution in [0.25, 0.3) is 32.8 Å². The van der Waals surface area contributed by atoms with Crippen LogP contribution in [-0.2, 0) is 11.3 Å². The van der Waals surface area contributed by atoms with Crippen molar-refractivity contribution in [1.29, 1.82) is 0 Å². The average Bonchev–Trinajstić information content (AvgIpc) is 3.06. The molecule has 0 unspecified atom stereocenters. The number of rotatable bonds is 14. The summed E-state index contributed by atoms with van der Waals surface area (Å²) in [7, 11) is 0. The fourth-order valence-electron chi connectivity index (χ4n) is 5.50. The number of halogens is 1. The first-order valence-electron chi connectivity index (χ1n) is 16.3. The van der Waals surface area contributed by atoms with Crippen LogP contribution in [0.4, 0.5) is 10.6 Å². The van der Waals surface area contributed by atoms with E-state index in [1.54, 1.807) is 35.5 Å². The number of unbranched alkanes of at least 4 members (excludes halogenated alkanes) is 1. The average molecular weight is 668 g/mol. The summed E-state index contributed by atoms with van der Waals surface area (Å²) < 4.78 is 5.72. The zero-order valence-corrected chi connectivity index (χ0v) is 28.4. The molecule has 9 nitrogen and oxygen atoms in total. The fourth-order valence-corrected chi connectivity index (χ4v) is 5.82. The molecule has 2 heterocycles. The lowest BCUT2D eigenvalue weighted by atomic mass is 10.0. The molecule has 3 aromatic carbocycles. The van der Waals surface area contributed by atoms with Gasteiger partial charge in [0.15, 0.2) is 0 Å². The van der Waals surface area contributed by atoms with Gasteiger partial charge in [-0.2, -0.15) is 0 Å². The highest BCUT2D eigenvalue weighted by Gasteiger charge is 2.22. The lowest BCUT2D eigenvalue weighted by Crippen LogP contribution is -2.37. The molecule has 0 bridgehead atoms. The lowest BCUT2D eigenvalue weighted by molar-refractivity contribution is 0.0230. The van der Waals surface area contributed by atoms with Gasteiger partial charge >= 0.3 is 12.1 Å². The molecular weight excluding hydrogens is 626 g/mol. The summed E-state index contributed by atoms with van der Waals surface area (Å²) >= 11 is 6.66. The smallest absolute Gasteiger partial charge is 0.410 e. The number of nitrogens with one attached hydrogen (secondary N) is 2. The maximum Gasteiger partial charge on any atom is 0.410 e. The van der Waals surface area contributed by atoms with Gasteiger partial charge in [0.25, 0.3) is 0 Å². The van der Waals surface area contributed by atoms with Crippen molar-refractivity contribution in [3.8, 4) is 11.1 Å². The third kappa shape index (κ3) is 9.20. The van der Waals surface area contributed by atoms with Gasteiger partial charge in [0.2, 0.25) is 0 Å². The van der Waals surface area contributed by atoms with E-state index in [1.807, 2.05) is 75.4 Å². The van der Waals surface area contributed by atoms with Crippen molar-refractivity contribution in [3.05, 3.63) is 101 Å². The number of amides is 1. The topological polar surface area (TPSA) is 117 Å². The first-order valence-corrected chi connectivity index (χ1v) is 16.6. The summed E-state index contributed by atoms with van der Waals surface area (Å²) in [5.74, 6) is -0.275. The molecule has 0 aliphatic rings. The summed E-state index contributed by atoms with van der Waals surface area (Å²) in [6, 6.07) is 22.8. The number of hydrogen-bond acceptors (Lipinski definition) is 7. The Morgan fingerprint density at radius 1 is 0.896 bits per heavy atom. The van der Waals surface area contributed by atoms with Crippen molar-refractivity contribution >= 4 is 51.2 Å². The van der Waals surface area contributed by atoms with Gasteiger partial charge in [-0.05, 0) is 88.5 Å². The Hall–Kier alpha value is -4.73. The van der Waals surface area contributed by atoms with Gasteiger partial charge in [0.1, 0.15) is 11.4 Å². The predicted molar refractivity (Wildman–Crippen MR) is 193 cm³/mol. The Balaban J connectivity index is 1.10. The van der Waals surface area contributed by atoms with Gasteiger partial charge in [-0.15, -0.1) is 0 Å². The second-order valence-electron chi connectivity index (χ2n) is 12.7. The number of carboxylic acid groups (broad SMARTS) is 1. The third-order valence-electron chi connectivity index (χ3n) is 7.84. The van der Waals surface area contributed by atoms with E-state index in [1.165, 1.54) is 0 Å². The third-order valence-corrected chi connectivity index (χ3v) is 8.15. The first kappa shape index (κ1) is 34.6. The number of aromatic nitrogens is 2. The highest BCUT2D eigenvalue weighted by Crippen LogP contribution is 2.30. The minimum absolute atomic E-state index is 0.199. The number of benzene rings is 3. The summed E-state index contributed by atoms with van der Waals surface area (Å²) in [6.07, 6.45) is 5.76. The summed E-state index contributed by atoms with van der Waals surface area (Å²) in [6.45, 7) is 8.92. The normalized spacial score (nSPS) is 11.5.